The molecular formula is C10H14N2O. The summed E-state index contributed by atoms with van der Waals surface area (Å²) in [5, 5.41) is 3.28. The summed E-state index contributed by atoms with van der Waals surface area (Å²) in [5.74, 6) is 0.869. The fraction of sp³-hybridized carbons (Fsp3) is 0.500. The molecule has 0 saturated carbocycles. The number of rotatable bonds is 3. The average molecular weight is 177 g/mol. The van der Waals surface area contributed by atoms with Crippen molar-refractivity contribution in [1.29, 1.82) is 0 Å². The van der Waals surface area contributed by atoms with Gasteiger partial charge in [0.2, 0.25) is 0 Å². The molecule has 1 saturated heterocycles. The van der Waals surface area contributed by atoms with Crippen molar-refractivity contribution in [2.45, 2.75) is 19.4 Å². The molecule has 0 bridgehead atoms. The van der Waals surface area contributed by atoms with Crippen molar-refractivity contribution in [2.75, 3.05) is 13.2 Å². The first-order chi connectivity index (χ1) is 6.34. The van der Waals surface area contributed by atoms with Gasteiger partial charge in [-0.1, -0.05) is 0 Å². The zero-order valence-electron chi connectivity index (χ0n) is 7.79. The van der Waals surface area contributed by atoms with Gasteiger partial charge in [0.05, 0.1) is 6.20 Å². The van der Waals surface area contributed by atoms with Crippen molar-refractivity contribution in [3.05, 3.63) is 24.0 Å². The van der Waals surface area contributed by atoms with Gasteiger partial charge in [0, 0.05) is 12.2 Å². The first-order valence-electron chi connectivity index (χ1n) is 4.62. The number of hydrogen-bond donors (Lipinski definition) is 1. The smallest absolute Gasteiger partial charge is 0.137 e. The van der Waals surface area contributed by atoms with Crippen LogP contribution in [0, 0.1) is 6.92 Å². The van der Waals surface area contributed by atoms with Gasteiger partial charge >= 0.3 is 0 Å². The summed E-state index contributed by atoms with van der Waals surface area (Å²) in [6.45, 7) is 3.90. The van der Waals surface area contributed by atoms with Crippen molar-refractivity contribution in [3.63, 3.8) is 0 Å². The first-order valence-corrected chi connectivity index (χ1v) is 4.62. The Labute approximate surface area is 78.1 Å². The van der Waals surface area contributed by atoms with E-state index in [1.165, 1.54) is 6.42 Å². The maximum Gasteiger partial charge on any atom is 0.137 e. The highest BCUT2D eigenvalue weighted by Crippen LogP contribution is 2.12. The Balaban J connectivity index is 1.86. The molecule has 0 amide bonds. The summed E-state index contributed by atoms with van der Waals surface area (Å²) in [6, 6.07) is 2.55. The van der Waals surface area contributed by atoms with Crippen molar-refractivity contribution in [2.24, 2.45) is 0 Å². The molecule has 1 aromatic rings. The van der Waals surface area contributed by atoms with Gasteiger partial charge < -0.3 is 10.1 Å². The Morgan fingerprint density at radius 2 is 2.46 bits per heavy atom. The van der Waals surface area contributed by atoms with Crippen molar-refractivity contribution in [1.82, 2.24) is 10.3 Å². The van der Waals surface area contributed by atoms with Crippen LogP contribution < -0.4 is 10.1 Å². The van der Waals surface area contributed by atoms with Crippen LogP contribution in [0.2, 0.25) is 0 Å². The van der Waals surface area contributed by atoms with E-state index in [1.807, 2.05) is 19.2 Å². The highest BCUT2D eigenvalue weighted by atomic mass is 16.5. The lowest BCUT2D eigenvalue weighted by Crippen LogP contribution is -2.46. The van der Waals surface area contributed by atoms with Crippen LogP contribution in [0.4, 0.5) is 0 Å². The second kappa shape index (κ2) is 3.75. The Morgan fingerprint density at radius 3 is 3.08 bits per heavy atom. The predicted molar refractivity (Wildman–Crippen MR) is 50.9 cm³/mol. The monoisotopic (exact) mass is 177 g/mol. The number of aromatic nitrogens is 1. The summed E-state index contributed by atoms with van der Waals surface area (Å²) < 4.78 is 5.57. The van der Waals surface area contributed by atoms with E-state index in [9.17, 15) is 0 Å². The largest absolute Gasteiger partial charge is 0.490 e. The molecule has 2 rings (SSSR count). The lowest BCUT2D eigenvalue weighted by molar-refractivity contribution is 0.217. The second-order valence-corrected chi connectivity index (χ2v) is 3.45. The van der Waals surface area contributed by atoms with Gasteiger partial charge in [-0.15, -0.1) is 0 Å². The van der Waals surface area contributed by atoms with E-state index in [0.29, 0.717) is 6.04 Å². The Kier molecular flexibility index (Phi) is 2.45. The highest BCUT2D eigenvalue weighted by molar-refractivity contribution is 5.22. The molecule has 1 atom stereocenters. The van der Waals surface area contributed by atoms with E-state index in [0.717, 1.165) is 24.5 Å². The summed E-state index contributed by atoms with van der Waals surface area (Å²) in [7, 11) is 0. The molecule has 0 unspecified atom stereocenters. The molecule has 1 fully saturated rings. The average Bonchev–Trinajstić information content (AvgIpc) is 2.01. The molecular weight excluding hydrogens is 163 g/mol. The number of nitrogens with one attached hydrogen (secondary N) is 1. The molecule has 13 heavy (non-hydrogen) atoms. The quantitative estimate of drug-likeness (QED) is 0.751. The molecule has 3 heteroatoms. The van der Waals surface area contributed by atoms with Crippen LogP contribution in [0.15, 0.2) is 18.5 Å². The molecule has 0 aliphatic carbocycles. The summed E-state index contributed by atoms with van der Waals surface area (Å²) in [6.07, 6.45) is 4.80. The van der Waals surface area contributed by atoms with Gasteiger partial charge in [0.25, 0.3) is 0 Å². The summed E-state index contributed by atoms with van der Waals surface area (Å²) in [5.41, 5.74) is 1.14. The van der Waals surface area contributed by atoms with Crippen LogP contribution in [0.3, 0.4) is 0 Å². The van der Waals surface area contributed by atoms with E-state index >= 15 is 0 Å². The lowest BCUT2D eigenvalue weighted by atomic mass is 10.1. The summed E-state index contributed by atoms with van der Waals surface area (Å²) >= 11 is 0. The third-order valence-corrected chi connectivity index (χ3v) is 2.23. The molecule has 1 aliphatic rings. The summed E-state index contributed by atoms with van der Waals surface area (Å²) in [4.78, 5) is 4.06. The Hall–Kier alpha value is -1.09. The minimum Gasteiger partial charge on any atom is -0.490 e. The minimum absolute atomic E-state index is 0.542. The van der Waals surface area contributed by atoms with Crippen molar-refractivity contribution in [3.8, 4) is 5.75 Å². The fourth-order valence-electron chi connectivity index (χ4n) is 1.29. The van der Waals surface area contributed by atoms with Gasteiger partial charge in [-0.25, -0.2) is 0 Å². The molecule has 1 aromatic heterocycles. The number of aryl methyl sites for hydroxylation is 1. The number of pyridine rings is 1. The molecule has 1 aliphatic heterocycles. The van der Waals surface area contributed by atoms with Crippen LogP contribution in [0.5, 0.6) is 5.75 Å². The third-order valence-electron chi connectivity index (χ3n) is 2.23. The van der Waals surface area contributed by atoms with Gasteiger partial charge in [0.1, 0.15) is 12.4 Å². The third kappa shape index (κ3) is 2.18. The Morgan fingerprint density at radius 1 is 1.62 bits per heavy atom. The van der Waals surface area contributed by atoms with E-state index in [-0.39, 0.29) is 0 Å². The molecule has 0 spiro atoms. The number of nitrogens with zero attached hydrogens (tertiary/aromatic N) is 1. The molecule has 3 nitrogen and oxygen atoms in total. The standard InChI is InChI=1S/C10H14N2O/c1-8-4-10(6-11-5-8)13-7-9-2-3-12-9/h4-6,9,12H,2-3,7H2,1H3/t9-/m0/s1/i1-1. The second-order valence-electron chi connectivity index (χ2n) is 3.45. The molecule has 1 N–H and O–H groups in total. The van der Waals surface area contributed by atoms with Crippen molar-refractivity contribution < 1.29 is 4.74 Å². The zero-order chi connectivity index (χ0) is 9.10. The van der Waals surface area contributed by atoms with Gasteiger partial charge in [-0.3, -0.25) is 4.98 Å². The van der Waals surface area contributed by atoms with Crippen LogP contribution in [-0.2, 0) is 0 Å². The topological polar surface area (TPSA) is 34.1 Å². The van der Waals surface area contributed by atoms with E-state index in [4.69, 9.17) is 4.74 Å². The predicted octanol–water partition coefficient (Wildman–Crippen LogP) is 1.13. The van der Waals surface area contributed by atoms with Crippen molar-refractivity contribution >= 4 is 0 Å². The first kappa shape index (κ1) is 8.51. The number of ether oxygens (including phenoxy) is 1. The SMILES string of the molecule is [11CH3]c1cncc(OC[C@@H]2CCN2)c1. The fourth-order valence-corrected chi connectivity index (χ4v) is 1.29. The van der Waals surface area contributed by atoms with Crippen LogP contribution in [0.25, 0.3) is 0 Å². The lowest BCUT2D eigenvalue weighted by Gasteiger charge is -2.27. The zero-order valence-corrected chi connectivity index (χ0v) is 7.79. The van der Waals surface area contributed by atoms with Gasteiger partial charge in [-0.05, 0) is 31.5 Å². The molecule has 0 aromatic carbocycles. The maximum absolute atomic E-state index is 5.57. The number of hydrogen-bond acceptors (Lipinski definition) is 3. The van der Waals surface area contributed by atoms with Gasteiger partial charge in [-0.2, -0.15) is 0 Å². The van der Waals surface area contributed by atoms with Gasteiger partial charge in [0.15, 0.2) is 0 Å². The highest BCUT2D eigenvalue weighted by Gasteiger charge is 2.16. The maximum atomic E-state index is 5.57. The van der Waals surface area contributed by atoms with E-state index in [1.54, 1.807) is 6.20 Å². The Bertz CT molecular complexity index is 284. The van der Waals surface area contributed by atoms with Crippen LogP contribution >= 0.6 is 0 Å². The normalized spacial score (nSPS) is 20.8. The van der Waals surface area contributed by atoms with E-state index in [2.05, 4.69) is 10.3 Å². The molecule has 0 radical (unpaired) electrons. The van der Waals surface area contributed by atoms with E-state index < -0.39 is 0 Å². The minimum atomic E-state index is 0.542. The van der Waals surface area contributed by atoms with Crippen LogP contribution in [0.1, 0.15) is 12.0 Å². The molecule has 2 heterocycles. The molecule has 70 valence electrons. The van der Waals surface area contributed by atoms with Crippen LogP contribution in [-0.4, -0.2) is 24.2 Å².